The van der Waals surface area contributed by atoms with Crippen LogP contribution in [0.1, 0.15) is 31.9 Å². The standard InChI is InChI=1S/C48H37N3/c1-6-34-21-23-35(24-22-34)40-30-31-41(44-18-11-10-17-43(40)44)36-25-27-38(28-26-36)47-49-46(37-14-8-7-9-15-37)50-48(51-47)45-19-13-12-16-42(45)39(33(4)5)29-20-32(2)3/h1,7-31H,4H2,2-3,5H3/b39-29+. The fourth-order valence-corrected chi connectivity index (χ4v) is 6.31. The van der Waals surface area contributed by atoms with E-state index in [1.807, 2.05) is 61.5 Å². The van der Waals surface area contributed by atoms with Crippen molar-refractivity contribution < 1.29 is 0 Å². The van der Waals surface area contributed by atoms with E-state index in [1.165, 1.54) is 21.9 Å². The van der Waals surface area contributed by atoms with Gasteiger partial charge in [-0.2, -0.15) is 0 Å². The minimum absolute atomic E-state index is 0.611. The largest absolute Gasteiger partial charge is 0.208 e. The highest BCUT2D eigenvalue weighted by Gasteiger charge is 2.17. The third-order valence-electron chi connectivity index (χ3n) is 8.91. The average Bonchev–Trinajstić information content (AvgIpc) is 3.18. The van der Waals surface area contributed by atoms with Crippen LogP contribution in [0.3, 0.4) is 0 Å². The van der Waals surface area contributed by atoms with Crippen molar-refractivity contribution in [2.45, 2.75) is 20.8 Å². The highest BCUT2D eigenvalue weighted by Crippen LogP contribution is 2.37. The Balaban J connectivity index is 1.32. The van der Waals surface area contributed by atoms with Crippen LogP contribution in [0.25, 0.3) is 72.8 Å². The topological polar surface area (TPSA) is 38.7 Å². The predicted octanol–water partition coefficient (Wildman–Crippen LogP) is 12.3. The fourth-order valence-electron chi connectivity index (χ4n) is 6.31. The molecule has 0 bridgehead atoms. The molecule has 1 heterocycles. The van der Waals surface area contributed by atoms with Crippen molar-refractivity contribution in [2.75, 3.05) is 0 Å². The minimum atomic E-state index is 0.611. The van der Waals surface area contributed by atoms with E-state index < -0.39 is 0 Å². The second kappa shape index (κ2) is 14.5. The zero-order chi connectivity index (χ0) is 35.3. The summed E-state index contributed by atoms with van der Waals surface area (Å²) in [4.78, 5) is 15.1. The molecule has 3 heteroatoms. The molecule has 244 valence electrons. The van der Waals surface area contributed by atoms with Gasteiger partial charge >= 0.3 is 0 Å². The Morgan fingerprint density at radius 1 is 0.510 bits per heavy atom. The van der Waals surface area contributed by atoms with Crippen LogP contribution in [-0.4, -0.2) is 15.0 Å². The summed E-state index contributed by atoms with van der Waals surface area (Å²) in [6.07, 6.45) is 9.85. The number of fused-ring (bicyclic) bond motifs is 1. The molecule has 7 aromatic rings. The molecule has 0 amide bonds. The van der Waals surface area contributed by atoms with Crippen molar-refractivity contribution in [1.29, 1.82) is 0 Å². The van der Waals surface area contributed by atoms with Crippen LogP contribution in [0.2, 0.25) is 0 Å². The van der Waals surface area contributed by atoms with Gasteiger partial charge in [-0.05, 0) is 77.1 Å². The number of terminal acetylenes is 1. The number of hydrogen-bond donors (Lipinski definition) is 0. The molecule has 0 radical (unpaired) electrons. The van der Waals surface area contributed by atoms with Gasteiger partial charge < -0.3 is 0 Å². The summed E-state index contributed by atoms with van der Waals surface area (Å²) in [5, 5.41) is 2.37. The monoisotopic (exact) mass is 655 g/mol. The van der Waals surface area contributed by atoms with E-state index in [2.05, 4.69) is 123 Å². The van der Waals surface area contributed by atoms with Crippen molar-refractivity contribution in [3.05, 3.63) is 181 Å². The second-order valence-electron chi connectivity index (χ2n) is 12.8. The highest BCUT2D eigenvalue weighted by atomic mass is 15.0. The molecule has 0 aliphatic carbocycles. The van der Waals surface area contributed by atoms with Gasteiger partial charge in [-0.3, -0.25) is 0 Å². The molecule has 7 rings (SSSR count). The number of rotatable bonds is 8. The molecule has 6 aromatic carbocycles. The first kappa shape index (κ1) is 32.9. The van der Waals surface area contributed by atoms with E-state index in [-0.39, 0.29) is 0 Å². The van der Waals surface area contributed by atoms with Gasteiger partial charge in [-0.15, -0.1) is 6.42 Å². The first-order valence-corrected chi connectivity index (χ1v) is 17.0. The van der Waals surface area contributed by atoms with Crippen molar-refractivity contribution in [3.63, 3.8) is 0 Å². The second-order valence-corrected chi connectivity index (χ2v) is 12.8. The highest BCUT2D eigenvalue weighted by molar-refractivity contribution is 6.05. The van der Waals surface area contributed by atoms with E-state index in [1.54, 1.807) is 0 Å². The lowest BCUT2D eigenvalue weighted by atomic mass is 9.91. The number of hydrogen-bond acceptors (Lipinski definition) is 3. The molecule has 1 aromatic heterocycles. The van der Waals surface area contributed by atoms with Crippen LogP contribution in [0.15, 0.2) is 169 Å². The lowest BCUT2D eigenvalue weighted by molar-refractivity contribution is 1.07. The Kier molecular flexibility index (Phi) is 9.33. The van der Waals surface area contributed by atoms with Gasteiger partial charge in [0.2, 0.25) is 0 Å². The Labute approximate surface area is 300 Å². The SMILES string of the molecule is C#Cc1ccc(-c2ccc(-c3ccc(-c4nc(-c5ccccc5)nc(-c5ccccc5/C(=C/C=C(C)C)C(=C)C)n4)cc3)c3ccccc23)cc1. The summed E-state index contributed by atoms with van der Waals surface area (Å²) in [5.74, 6) is 4.56. The van der Waals surface area contributed by atoms with Crippen molar-refractivity contribution in [2.24, 2.45) is 0 Å². The van der Waals surface area contributed by atoms with Crippen molar-refractivity contribution in [3.8, 4) is 68.8 Å². The van der Waals surface area contributed by atoms with Crippen LogP contribution in [0.5, 0.6) is 0 Å². The Morgan fingerprint density at radius 3 is 1.57 bits per heavy atom. The number of allylic oxidation sites excluding steroid dienone is 5. The van der Waals surface area contributed by atoms with Crippen molar-refractivity contribution >= 4 is 16.3 Å². The zero-order valence-corrected chi connectivity index (χ0v) is 29.1. The quantitative estimate of drug-likeness (QED) is 0.121. The van der Waals surface area contributed by atoms with Crippen molar-refractivity contribution in [1.82, 2.24) is 15.0 Å². The van der Waals surface area contributed by atoms with E-state index >= 15 is 0 Å². The third kappa shape index (κ3) is 6.95. The van der Waals surface area contributed by atoms with Crippen LogP contribution >= 0.6 is 0 Å². The molecule has 0 fully saturated rings. The lowest BCUT2D eigenvalue weighted by Crippen LogP contribution is -2.02. The Hall–Kier alpha value is -6.63. The zero-order valence-electron chi connectivity index (χ0n) is 29.1. The first-order valence-electron chi connectivity index (χ1n) is 17.0. The molecule has 0 atom stereocenters. The number of benzene rings is 6. The molecular formula is C48H37N3. The number of aromatic nitrogens is 3. The summed E-state index contributed by atoms with van der Waals surface area (Å²) in [6, 6.07) is 47.9. The van der Waals surface area contributed by atoms with Crippen LogP contribution < -0.4 is 0 Å². The lowest BCUT2D eigenvalue weighted by Gasteiger charge is -2.15. The van der Waals surface area contributed by atoms with Gasteiger partial charge in [0.15, 0.2) is 17.5 Å². The predicted molar refractivity (Wildman–Crippen MR) is 215 cm³/mol. The number of nitrogens with zero attached hydrogens (tertiary/aromatic N) is 3. The molecular weight excluding hydrogens is 619 g/mol. The maximum atomic E-state index is 5.61. The third-order valence-corrected chi connectivity index (χ3v) is 8.91. The van der Waals surface area contributed by atoms with E-state index in [0.717, 1.165) is 55.7 Å². The maximum absolute atomic E-state index is 5.61. The Morgan fingerprint density at radius 2 is 1.00 bits per heavy atom. The van der Waals surface area contributed by atoms with Gasteiger partial charge in [0.1, 0.15) is 0 Å². The summed E-state index contributed by atoms with van der Waals surface area (Å²) in [7, 11) is 0. The summed E-state index contributed by atoms with van der Waals surface area (Å²) < 4.78 is 0. The van der Waals surface area contributed by atoms with E-state index in [0.29, 0.717) is 17.5 Å². The molecule has 3 nitrogen and oxygen atoms in total. The molecule has 0 aliphatic rings. The smallest absolute Gasteiger partial charge is 0.164 e. The summed E-state index contributed by atoms with van der Waals surface area (Å²) in [5.41, 5.74) is 12.5. The fraction of sp³-hybridized carbons (Fsp3) is 0.0625. The van der Waals surface area contributed by atoms with E-state index in [9.17, 15) is 0 Å². The molecule has 51 heavy (non-hydrogen) atoms. The summed E-state index contributed by atoms with van der Waals surface area (Å²) >= 11 is 0. The molecule has 0 saturated heterocycles. The van der Waals surface area contributed by atoms with Crippen LogP contribution in [0, 0.1) is 12.3 Å². The molecule has 0 aliphatic heterocycles. The van der Waals surface area contributed by atoms with Gasteiger partial charge in [0.05, 0.1) is 0 Å². The van der Waals surface area contributed by atoms with Gasteiger partial charge in [0.25, 0.3) is 0 Å². The van der Waals surface area contributed by atoms with Gasteiger partial charge in [-0.1, -0.05) is 163 Å². The summed E-state index contributed by atoms with van der Waals surface area (Å²) in [6.45, 7) is 10.5. The van der Waals surface area contributed by atoms with Gasteiger partial charge in [0, 0.05) is 22.3 Å². The molecule has 0 saturated carbocycles. The normalized spacial score (nSPS) is 11.2. The molecule has 0 unspecified atom stereocenters. The maximum Gasteiger partial charge on any atom is 0.164 e. The van der Waals surface area contributed by atoms with Crippen LogP contribution in [0.4, 0.5) is 0 Å². The minimum Gasteiger partial charge on any atom is -0.208 e. The molecule has 0 N–H and O–H groups in total. The molecule has 0 spiro atoms. The van der Waals surface area contributed by atoms with E-state index in [4.69, 9.17) is 21.4 Å². The first-order chi connectivity index (χ1) is 24.9. The van der Waals surface area contributed by atoms with Crippen LogP contribution in [-0.2, 0) is 0 Å². The van der Waals surface area contributed by atoms with Gasteiger partial charge in [-0.25, -0.2) is 15.0 Å². The Bertz CT molecular complexity index is 2490. The average molecular weight is 656 g/mol.